The third-order valence-corrected chi connectivity index (χ3v) is 4.30. The molecule has 1 saturated heterocycles. The standard InChI is InChI=1S/C15H17F2N5O2/c1-9-7-19-21(2)12(9)11-10(16)8-18-14(20-11)22-5-3-15(17,4-6-22)13(23)24/h7-8H,3-6H2,1-2H3,(H,23,24). The number of carboxylic acids is 1. The van der Waals surface area contributed by atoms with Crippen LogP contribution in [0.15, 0.2) is 12.4 Å². The van der Waals surface area contributed by atoms with Crippen LogP contribution in [0.5, 0.6) is 0 Å². The minimum atomic E-state index is -2.22. The summed E-state index contributed by atoms with van der Waals surface area (Å²) in [5.74, 6) is -1.78. The van der Waals surface area contributed by atoms with E-state index in [9.17, 15) is 13.6 Å². The third-order valence-electron chi connectivity index (χ3n) is 4.30. The molecule has 24 heavy (non-hydrogen) atoms. The summed E-state index contributed by atoms with van der Waals surface area (Å²) in [6.45, 7) is 2.10. The van der Waals surface area contributed by atoms with Crippen molar-refractivity contribution >= 4 is 11.9 Å². The molecule has 9 heteroatoms. The molecule has 0 amide bonds. The van der Waals surface area contributed by atoms with Gasteiger partial charge in [-0.2, -0.15) is 5.10 Å². The van der Waals surface area contributed by atoms with E-state index in [1.807, 2.05) is 0 Å². The zero-order valence-corrected chi connectivity index (χ0v) is 13.3. The number of halogens is 2. The van der Waals surface area contributed by atoms with Crippen LogP contribution in [0.25, 0.3) is 11.4 Å². The monoisotopic (exact) mass is 337 g/mol. The highest BCUT2D eigenvalue weighted by molar-refractivity contribution is 5.77. The van der Waals surface area contributed by atoms with E-state index in [0.717, 1.165) is 11.8 Å². The van der Waals surface area contributed by atoms with E-state index in [0.29, 0.717) is 5.69 Å². The van der Waals surface area contributed by atoms with Crippen LogP contribution in [-0.4, -0.2) is 49.6 Å². The number of rotatable bonds is 3. The number of nitrogens with zero attached hydrogens (tertiary/aromatic N) is 5. The van der Waals surface area contributed by atoms with Crippen LogP contribution in [0.3, 0.4) is 0 Å². The van der Waals surface area contributed by atoms with E-state index < -0.39 is 17.5 Å². The summed E-state index contributed by atoms with van der Waals surface area (Å²) in [5.41, 5.74) is -0.794. The first kappa shape index (κ1) is 16.3. The molecule has 1 aliphatic rings. The fraction of sp³-hybridized carbons (Fsp3) is 0.467. The molecule has 1 aliphatic heterocycles. The quantitative estimate of drug-likeness (QED) is 0.918. The Bertz CT molecular complexity index is 765. The van der Waals surface area contributed by atoms with E-state index in [2.05, 4.69) is 15.1 Å². The van der Waals surface area contributed by atoms with Gasteiger partial charge in [-0.3, -0.25) is 4.68 Å². The molecule has 128 valence electrons. The number of hydrogen-bond donors (Lipinski definition) is 1. The van der Waals surface area contributed by atoms with Gasteiger partial charge in [0.25, 0.3) is 0 Å². The Morgan fingerprint density at radius 2 is 2.00 bits per heavy atom. The topological polar surface area (TPSA) is 84.1 Å². The molecule has 2 aromatic heterocycles. The number of piperidine rings is 1. The average Bonchev–Trinajstić information content (AvgIpc) is 2.88. The number of alkyl halides is 1. The maximum Gasteiger partial charge on any atom is 0.341 e. The first-order valence-corrected chi connectivity index (χ1v) is 7.50. The molecule has 3 heterocycles. The highest BCUT2D eigenvalue weighted by atomic mass is 19.1. The summed E-state index contributed by atoms with van der Waals surface area (Å²) < 4.78 is 29.8. The van der Waals surface area contributed by atoms with Gasteiger partial charge >= 0.3 is 5.97 Å². The Morgan fingerprint density at radius 1 is 1.33 bits per heavy atom. The van der Waals surface area contributed by atoms with Crippen molar-refractivity contribution in [1.29, 1.82) is 0 Å². The summed E-state index contributed by atoms with van der Waals surface area (Å²) in [7, 11) is 1.69. The molecular weight excluding hydrogens is 320 g/mol. The first-order chi connectivity index (χ1) is 11.3. The minimum absolute atomic E-state index is 0.118. The second-order valence-corrected chi connectivity index (χ2v) is 5.92. The van der Waals surface area contributed by atoms with Crippen molar-refractivity contribution in [2.45, 2.75) is 25.4 Å². The van der Waals surface area contributed by atoms with E-state index >= 15 is 0 Å². The molecule has 0 radical (unpaired) electrons. The SMILES string of the molecule is Cc1cnn(C)c1-c1nc(N2CCC(F)(C(=O)O)CC2)ncc1F. The fourth-order valence-corrected chi connectivity index (χ4v) is 2.84. The van der Waals surface area contributed by atoms with Crippen molar-refractivity contribution in [3.8, 4) is 11.4 Å². The lowest BCUT2D eigenvalue weighted by atomic mass is 9.94. The third kappa shape index (κ3) is 2.70. The lowest BCUT2D eigenvalue weighted by molar-refractivity contribution is -0.152. The van der Waals surface area contributed by atoms with Crippen LogP contribution in [0.1, 0.15) is 18.4 Å². The van der Waals surface area contributed by atoms with Gasteiger partial charge in [0.15, 0.2) is 5.82 Å². The normalized spacial score (nSPS) is 17.1. The zero-order valence-electron chi connectivity index (χ0n) is 13.3. The van der Waals surface area contributed by atoms with Crippen molar-refractivity contribution in [2.24, 2.45) is 7.05 Å². The Hall–Kier alpha value is -2.58. The van der Waals surface area contributed by atoms with E-state index in [-0.39, 0.29) is 37.6 Å². The maximum atomic E-state index is 14.2. The molecule has 0 atom stereocenters. The molecule has 0 spiro atoms. The van der Waals surface area contributed by atoms with Crippen LogP contribution < -0.4 is 4.90 Å². The lowest BCUT2D eigenvalue weighted by Gasteiger charge is -2.33. The molecule has 7 nitrogen and oxygen atoms in total. The van der Waals surface area contributed by atoms with Crippen LogP contribution in [0.2, 0.25) is 0 Å². The van der Waals surface area contributed by atoms with Gasteiger partial charge in [0.05, 0.1) is 18.1 Å². The Balaban J connectivity index is 1.89. The molecule has 3 rings (SSSR count). The number of aryl methyl sites for hydroxylation is 2. The van der Waals surface area contributed by atoms with Gasteiger partial charge in [-0.25, -0.2) is 23.5 Å². The Morgan fingerprint density at radius 3 is 2.54 bits per heavy atom. The van der Waals surface area contributed by atoms with Crippen molar-refractivity contribution in [3.05, 3.63) is 23.8 Å². The van der Waals surface area contributed by atoms with E-state index in [4.69, 9.17) is 5.11 Å². The largest absolute Gasteiger partial charge is 0.479 e. The van der Waals surface area contributed by atoms with Gasteiger partial charge < -0.3 is 10.0 Å². The van der Waals surface area contributed by atoms with Crippen LogP contribution in [-0.2, 0) is 11.8 Å². The van der Waals surface area contributed by atoms with E-state index in [1.165, 1.54) is 4.68 Å². The number of carbonyl (C=O) groups is 1. The van der Waals surface area contributed by atoms with Crippen molar-refractivity contribution < 1.29 is 18.7 Å². The predicted molar refractivity (Wildman–Crippen MR) is 81.9 cm³/mol. The van der Waals surface area contributed by atoms with Gasteiger partial charge in [-0.05, 0) is 12.5 Å². The van der Waals surface area contributed by atoms with Crippen molar-refractivity contribution in [3.63, 3.8) is 0 Å². The number of anilines is 1. The molecular formula is C15H17F2N5O2. The molecule has 0 bridgehead atoms. The van der Waals surface area contributed by atoms with Gasteiger partial charge in [0, 0.05) is 33.0 Å². The number of carboxylic acid groups (broad SMARTS) is 1. The van der Waals surface area contributed by atoms with Gasteiger partial charge in [0.2, 0.25) is 11.6 Å². The molecule has 1 N–H and O–H groups in total. The fourth-order valence-electron chi connectivity index (χ4n) is 2.84. The number of aliphatic carboxylic acids is 1. The highest BCUT2D eigenvalue weighted by Crippen LogP contribution is 2.30. The molecule has 0 aliphatic carbocycles. The second kappa shape index (κ2) is 5.81. The van der Waals surface area contributed by atoms with Crippen LogP contribution >= 0.6 is 0 Å². The van der Waals surface area contributed by atoms with Gasteiger partial charge in [0.1, 0.15) is 5.69 Å². The highest BCUT2D eigenvalue weighted by Gasteiger charge is 2.42. The molecule has 2 aromatic rings. The predicted octanol–water partition coefficient (Wildman–Crippen LogP) is 1.72. The summed E-state index contributed by atoms with van der Waals surface area (Å²) in [5, 5.41) is 13.0. The summed E-state index contributed by atoms with van der Waals surface area (Å²) >= 11 is 0. The smallest absolute Gasteiger partial charge is 0.341 e. The number of aromatic nitrogens is 4. The summed E-state index contributed by atoms with van der Waals surface area (Å²) in [6, 6.07) is 0. The Labute approximate surface area is 136 Å². The van der Waals surface area contributed by atoms with Crippen LogP contribution in [0.4, 0.5) is 14.7 Å². The van der Waals surface area contributed by atoms with Gasteiger partial charge in [-0.15, -0.1) is 0 Å². The maximum absolute atomic E-state index is 14.2. The molecule has 0 saturated carbocycles. The second-order valence-electron chi connectivity index (χ2n) is 5.92. The molecule has 0 unspecified atom stereocenters. The zero-order chi connectivity index (χ0) is 17.5. The Kier molecular flexibility index (Phi) is 3.94. The molecule has 1 fully saturated rings. The van der Waals surface area contributed by atoms with Crippen molar-refractivity contribution in [1.82, 2.24) is 19.7 Å². The van der Waals surface area contributed by atoms with Crippen LogP contribution in [0, 0.1) is 12.7 Å². The molecule has 0 aromatic carbocycles. The first-order valence-electron chi connectivity index (χ1n) is 7.50. The van der Waals surface area contributed by atoms with Crippen molar-refractivity contribution in [2.75, 3.05) is 18.0 Å². The van der Waals surface area contributed by atoms with Gasteiger partial charge in [-0.1, -0.05) is 0 Å². The minimum Gasteiger partial charge on any atom is -0.479 e. The summed E-state index contributed by atoms with van der Waals surface area (Å²) in [4.78, 5) is 20.9. The number of hydrogen-bond acceptors (Lipinski definition) is 5. The summed E-state index contributed by atoms with van der Waals surface area (Å²) in [6.07, 6.45) is 2.35. The van der Waals surface area contributed by atoms with E-state index in [1.54, 1.807) is 25.1 Å². The lowest BCUT2D eigenvalue weighted by Crippen LogP contribution is -2.47. The average molecular weight is 337 g/mol.